The number of fused-ring (bicyclic) bond motifs is 1. The third kappa shape index (κ3) is 2.72. The standard InChI is InChI=1S/C15H25N5O2/c1-5-11-17-13-12(18(11)4)14(21)19(8-6-7-16)15(22)20(13)9-10(2)3/h10H,5-9,16H2,1-4H3. The zero-order valence-electron chi connectivity index (χ0n) is 13.8. The monoisotopic (exact) mass is 307 g/mol. The molecule has 0 spiro atoms. The molecule has 22 heavy (non-hydrogen) atoms. The van der Waals surface area contributed by atoms with Crippen LogP contribution in [0.25, 0.3) is 11.2 Å². The predicted molar refractivity (Wildman–Crippen MR) is 87.1 cm³/mol. The van der Waals surface area contributed by atoms with Crippen LogP contribution in [-0.4, -0.2) is 25.2 Å². The van der Waals surface area contributed by atoms with Crippen LogP contribution in [0.15, 0.2) is 9.59 Å². The number of nitrogens with two attached hydrogens (primary N) is 1. The molecule has 0 atom stereocenters. The van der Waals surface area contributed by atoms with Crippen LogP contribution in [0.4, 0.5) is 0 Å². The molecule has 0 saturated carbocycles. The highest BCUT2D eigenvalue weighted by atomic mass is 16.2. The van der Waals surface area contributed by atoms with Crippen molar-refractivity contribution in [2.45, 2.75) is 46.7 Å². The van der Waals surface area contributed by atoms with Crippen molar-refractivity contribution in [1.82, 2.24) is 18.7 Å². The van der Waals surface area contributed by atoms with Crippen molar-refractivity contribution in [2.24, 2.45) is 18.7 Å². The summed E-state index contributed by atoms with van der Waals surface area (Å²) in [6.45, 7) is 7.39. The molecule has 0 bridgehead atoms. The van der Waals surface area contributed by atoms with Crippen molar-refractivity contribution in [2.75, 3.05) is 6.54 Å². The third-order valence-electron chi connectivity index (χ3n) is 3.78. The highest BCUT2D eigenvalue weighted by Crippen LogP contribution is 2.12. The Labute approximate surface area is 129 Å². The maximum Gasteiger partial charge on any atom is 0.332 e. The molecule has 2 aromatic heterocycles. The SMILES string of the molecule is CCc1nc2c(c(=O)n(CCCN)c(=O)n2CC(C)C)n1C. The quantitative estimate of drug-likeness (QED) is 0.840. The van der Waals surface area contributed by atoms with Gasteiger partial charge in [0.1, 0.15) is 5.82 Å². The minimum Gasteiger partial charge on any atom is -0.330 e. The molecule has 0 saturated heterocycles. The van der Waals surface area contributed by atoms with E-state index in [1.165, 1.54) is 4.57 Å². The van der Waals surface area contributed by atoms with Crippen molar-refractivity contribution < 1.29 is 0 Å². The van der Waals surface area contributed by atoms with Gasteiger partial charge in [-0.3, -0.25) is 13.9 Å². The van der Waals surface area contributed by atoms with Crippen LogP contribution in [0.3, 0.4) is 0 Å². The molecule has 0 unspecified atom stereocenters. The van der Waals surface area contributed by atoms with E-state index in [4.69, 9.17) is 5.73 Å². The fraction of sp³-hybridized carbons (Fsp3) is 0.667. The van der Waals surface area contributed by atoms with Crippen molar-refractivity contribution in [3.05, 3.63) is 26.7 Å². The maximum atomic E-state index is 12.7. The summed E-state index contributed by atoms with van der Waals surface area (Å²) < 4.78 is 4.71. The van der Waals surface area contributed by atoms with Gasteiger partial charge in [-0.25, -0.2) is 9.78 Å². The van der Waals surface area contributed by atoms with Crippen LogP contribution < -0.4 is 17.0 Å². The lowest BCUT2D eigenvalue weighted by Gasteiger charge is -2.13. The van der Waals surface area contributed by atoms with Crippen LogP contribution in [0.2, 0.25) is 0 Å². The van der Waals surface area contributed by atoms with E-state index in [2.05, 4.69) is 4.98 Å². The number of hydrogen-bond donors (Lipinski definition) is 1. The van der Waals surface area contributed by atoms with Crippen LogP contribution >= 0.6 is 0 Å². The fourth-order valence-corrected chi connectivity index (χ4v) is 2.70. The zero-order valence-corrected chi connectivity index (χ0v) is 13.8. The molecule has 2 N–H and O–H groups in total. The number of nitrogens with zero attached hydrogens (tertiary/aromatic N) is 4. The lowest BCUT2D eigenvalue weighted by Crippen LogP contribution is -2.41. The van der Waals surface area contributed by atoms with Crippen LogP contribution in [0, 0.1) is 5.92 Å². The molecule has 7 heteroatoms. The van der Waals surface area contributed by atoms with Crippen LogP contribution in [0.1, 0.15) is 33.0 Å². The summed E-state index contributed by atoms with van der Waals surface area (Å²) in [4.78, 5) is 29.9. The first kappa shape index (κ1) is 16.5. The van der Waals surface area contributed by atoms with Gasteiger partial charge in [-0.05, 0) is 18.9 Å². The number of aromatic nitrogens is 4. The topological polar surface area (TPSA) is 87.8 Å². The van der Waals surface area contributed by atoms with Gasteiger partial charge in [0.15, 0.2) is 11.2 Å². The second-order valence-electron chi connectivity index (χ2n) is 6.00. The van der Waals surface area contributed by atoms with Crippen LogP contribution in [-0.2, 0) is 26.6 Å². The smallest absolute Gasteiger partial charge is 0.330 e. The molecule has 0 fully saturated rings. The summed E-state index contributed by atoms with van der Waals surface area (Å²) >= 11 is 0. The average molecular weight is 307 g/mol. The Morgan fingerprint density at radius 3 is 2.45 bits per heavy atom. The lowest BCUT2D eigenvalue weighted by atomic mass is 10.2. The van der Waals surface area contributed by atoms with Crippen molar-refractivity contribution in [1.29, 1.82) is 0 Å². The Morgan fingerprint density at radius 2 is 1.91 bits per heavy atom. The van der Waals surface area contributed by atoms with E-state index < -0.39 is 0 Å². The zero-order chi connectivity index (χ0) is 16.4. The van der Waals surface area contributed by atoms with Crippen molar-refractivity contribution >= 4 is 11.2 Å². The van der Waals surface area contributed by atoms with Gasteiger partial charge in [0.25, 0.3) is 5.56 Å². The second kappa shape index (κ2) is 6.48. The van der Waals surface area contributed by atoms with Gasteiger partial charge < -0.3 is 10.3 Å². The highest BCUT2D eigenvalue weighted by molar-refractivity contribution is 5.71. The van der Waals surface area contributed by atoms with Crippen LogP contribution in [0.5, 0.6) is 0 Å². The molecular weight excluding hydrogens is 282 g/mol. The molecule has 0 aromatic carbocycles. The number of imidazole rings is 1. The Hall–Kier alpha value is -1.89. The van der Waals surface area contributed by atoms with E-state index in [-0.39, 0.29) is 17.2 Å². The molecule has 0 aliphatic carbocycles. The summed E-state index contributed by atoms with van der Waals surface area (Å²) in [6.07, 6.45) is 1.31. The van der Waals surface area contributed by atoms with Gasteiger partial charge in [0.05, 0.1) is 0 Å². The van der Waals surface area contributed by atoms with E-state index in [9.17, 15) is 9.59 Å². The molecule has 2 rings (SSSR count). The summed E-state index contributed by atoms with van der Waals surface area (Å²) in [6, 6.07) is 0. The Bertz CT molecular complexity index is 782. The van der Waals surface area contributed by atoms with E-state index in [1.54, 1.807) is 9.13 Å². The molecule has 122 valence electrons. The molecule has 0 aliphatic rings. The number of rotatable bonds is 6. The third-order valence-corrected chi connectivity index (χ3v) is 3.78. The first-order valence-electron chi connectivity index (χ1n) is 7.81. The Morgan fingerprint density at radius 1 is 1.23 bits per heavy atom. The van der Waals surface area contributed by atoms with E-state index in [0.717, 1.165) is 5.82 Å². The molecule has 2 heterocycles. The Balaban J connectivity index is 2.83. The highest BCUT2D eigenvalue weighted by Gasteiger charge is 2.19. The van der Waals surface area contributed by atoms with E-state index in [1.807, 2.05) is 27.8 Å². The van der Waals surface area contributed by atoms with Crippen molar-refractivity contribution in [3.63, 3.8) is 0 Å². The van der Waals surface area contributed by atoms with Gasteiger partial charge >= 0.3 is 5.69 Å². The van der Waals surface area contributed by atoms with Gasteiger partial charge in [0.2, 0.25) is 0 Å². The molecule has 0 amide bonds. The Kier molecular flexibility index (Phi) is 4.85. The van der Waals surface area contributed by atoms with Gasteiger partial charge in [-0.15, -0.1) is 0 Å². The second-order valence-corrected chi connectivity index (χ2v) is 6.00. The minimum atomic E-state index is -0.291. The first-order chi connectivity index (χ1) is 10.4. The molecule has 0 radical (unpaired) electrons. The normalized spacial score (nSPS) is 11.7. The molecule has 7 nitrogen and oxygen atoms in total. The van der Waals surface area contributed by atoms with E-state index >= 15 is 0 Å². The first-order valence-corrected chi connectivity index (χ1v) is 7.81. The number of hydrogen-bond acceptors (Lipinski definition) is 4. The fourth-order valence-electron chi connectivity index (χ4n) is 2.70. The maximum absolute atomic E-state index is 12.7. The van der Waals surface area contributed by atoms with Gasteiger partial charge in [-0.2, -0.15) is 0 Å². The summed E-state index contributed by atoms with van der Waals surface area (Å²) in [5.74, 6) is 1.09. The predicted octanol–water partition coefficient (Wildman–Crippen LogP) is 0.464. The summed E-state index contributed by atoms with van der Waals surface area (Å²) in [7, 11) is 1.83. The summed E-state index contributed by atoms with van der Waals surface area (Å²) in [5.41, 5.74) is 5.94. The van der Waals surface area contributed by atoms with Gasteiger partial charge in [0, 0.05) is 26.6 Å². The van der Waals surface area contributed by atoms with Gasteiger partial charge in [-0.1, -0.05) is 20.8 Å². The molecular formula is C15H25N5O2. The van der Waals surface area contributed by atoms with E-state index in [0.29, 0.717) is 43.6 Å². The average Bonchev–Trinajstić information content (AvgIpc) is 2.80. The lowest BCUT2D eigenvalue weighted by molar-refractivity contribution is 0.482. The largest absolute Gasteiger partial charge is 0.332 e. The summed E-state index contributed by atoms with van der Waals surface area (Å²) in [5, 5.41) is 0. The molecule has 2 aromatic rings. The van der Waals surface area contributed by atoms with Crippen molar-refractivity contribution in [3.8, 4) is 0 Å². The number of aryl methyl sites for hydroxylation is 2. The molecule has 0 aliphatic heterocycles. The minimum absolute atomic E-state index is 0.275.